The highest BCUT2D eigenvalue weighted by Crippen LogP contribution is 2.38. The van der Waals surface area contributed by atoms with E-state index in [1.54, 1.807) is 0 Å². The van der Waals surface area contributed by atoms with Crippen molar-refractivity contribution in [3.63, 3.8) is 0 Å². The third kappa shape index (κ3) is 5.19. The van der Waals surface area contributed by atoms with E-state index in [4.69, 9.17) is 14.4 Å². The Morgan fingerprint density at radius 2 is 1.13 bits per heavy atom. The van der Waals surface area contributed by atoms with Crippen molar-refractivity contribution in [2.75, 3.05) is 0 Å². The van der Waals surface area contributed by atoms with E-state index in [-0.39, 0.29) is 6.17 Å². The van der Waals surface area contributed by atoms with Crippen LogP contribution in [-0.4, -0.2) is 15.3 Å². The second-order valence-corrected chi connectivity index (χ2v) is 13.1. The molecule has 7 aromatic carbocycles. The molecule has 5 nitrogen and oxygen atoms in total. The molecule has 0 amide bonds. The quantitative estimate of drug-likeness (QED) is 0.192. The lowest BCUT2D eigenvalue weighted by Crippen LogP contribution is -2.24. The van der Waals surface area contributed by atoms with Gasteiger partial charge < -0.3 is 14.3 Å². The first-order chi connectivity index (χ1) is 25.8. The molecule has 1 aliphatic heterocycles. The van der Waals surface area contributed by atoms with Crippen LogP contribution in [0, 0.1) is 0 Å². The van der Waals surface area contributed by atoms with Crippen LogP contribution in [0.15, 0.2) is 191 Å². The van der Waals surface area contributed by atoms with Crippen molar-refractivity contribution in [1.82, 2.24) is 14.9 Å². The van der Waals surface area contributed by atoms with Gasteiger partial charge >= 0.3 is 0 Å². The summed E-state index contributed by atoms with van der Waals surface area (Å²) in [7, 11) is 0. The summed E-state index contributed by atoms with van der Waals surface area (Å²) < 4.78 is 8.80. The van der Waals surface area contributed by atoms with Gasteiger partial charge in [-0.25, -0.2) is 4.98 Å². The number of nitrogens with one attached hydrogen (secondary N) is 1. The van der Waals surface area contributed by atoms with Gasteiger partial charge in [0.15, 0.2) is 5.58 Å². The maximum Gasteiger partial charge on any atom is 0.227 e. The Morgan fingerprint density at radius 1 is 0.519 bits per heavy atom. The Hall–Kier alpha value is -6.98. The number of oxazole rings is 1. The molecule has 0 saturated carbocycles. The van der Waals surface area contributed by atoms with E-state index in [2.05, 4.69) is 149 Å². The van der Waals surface area contributed by atoms with E-state index in [0.29, 0.717) is 5.89 Å². The van der Waals surface area contributed by atoms with Crippen molar-refractivity contribution in [1.29, 1.82) is 0 Å². The predicted octanol–water partition coefficient (Wildman–Crippen LogP) is 11.4. The highest BCUT2D eigenvalue weighted by Gasteiger charge is 2.21. The van der Waals surface area contributed by atoms with Gasteiger partial charge in [-0.2, -0.15) is 0 Å². The second-order valence-electron chi connectivity index (χ2n) is 13.1. The monoisotopic (exact) mass is 668 g/mol. The van der Waals surface area contributed by atoms with Crippen LogP contribution in [0.1, 0.15) is 22.9 Å². The maximum absolute atomic E-state index is 6.49. The van der Waals surface area contributed by atoms with Crippen molar-refractivity contribution in [3.8, 4) is 28.3 Å². The fourth-order valence-electron chi connectivity index (χ4n) is 7.33. The highest BCUT2D eigenvalue weighted by atomic mass is 16.3. The molecule has 0 fully saturated rings. The van der Waals surface area contributed by atoms with E-state index in [1.807, 2.05) is 42.5 Å². The number of nitrogens with zero attached hydrogens (tertiary/aromatic N) is 3. The number of aliphatic imine (C=N–C) groups is 1. The van der Waals surface area contributed by atoms with Crippen molar-refractivity contribution in [2.45, 2.75) is 6.17 Å². The Bertz CT molecular complexity index is 2780. The molecule has 246 valence electrons. The molecule has 2 aromatic heterocycles. The fraction of sp³-hybridized carbons (Fsp3) is 0.0213. The van der Waals surface area contributed by atoms with Crippen LogP contribution in [-0.2, 0) is 0 Å². The van der Waals surface area contributed by atoms with Gasteiger partial charge in [-0.15, -0.1) is 0 Å². The normalized spacial score (nSPS) is 14.3. The van der Waals surface area contributed by atoms with E-state index in [0.717, 1.165) is 72.3 Å². The molecule has 0 spiro atoms. The summed E-state index contributed by atoms with van der Waals surface area (Å²) in [6.07, 6.45) is 1.95. The summed E-state index contributed by atoms with van der Waals surface area (Å²) in [5, 5.41) is 5.89. The summed E-state index contributed by atoms with van der Waals surface area (Å²) in [4.78, 5) is 10.1. The van der Waals surface area contributed by atoms with Gasteiger partial charge in [-0.3, -0.25) is 4.99 Å². The predicted molar refractivity (Wildman–Crippen MR) is 212 cm³/mol. The molecule has 1 unspecified atom stereocenters. The molecule has 0 radical (unpaired) electrons. The molecule has 0 bridgehead atoms. The third-order valence-electron chi connectivity index (χ3n) is 9.89. The van der Waals surface area contributed by atoms with Crippen molar-refractivity contribution >= 4 is 44.3 Å². The topological polar surface area (TPSA) is 55.4 Å². The minimum atomic E-state index is -0.216. The highest BCUT2D eigenvalue weighted by molar-refractivity contribution is 6.19. The maximum atomic E-state index is 6.49. The molecule has 5 heteroatoms. The Morgan fingerprint density at radius 3 is 1.88 bits per heavy atom. The van der Waals surface area contributed by atoms with E-state index < -0.39 is 0 Å². The van der Waals surface area contributed by atoms with Crippen LogP contribution in [0.5, 0.6) is 0 Å². The number of hydrogen-bond acceptors (Lipinski definition) is 4. The van der Waals surface area contributed by atoms with Gasteiger partial charge in [0.25, 0.3) is 0 Å². The summed E-state index contributed by atoms with van der Waals surface area (Å²) in [6.45, 7) is 0. The summed E-state index contributed by atoms with van der Waals surface area (Å²) in [6, 6.07) is 61.2. The van der Waals surface area contributed by atoms with Gasteiger partial charge in [0.2, 0.25) is 5.89 Å². The number of rotatable bonds is 6. The minimum absolute atomic E-state index is 0.216. The molecule has 1 aliphatic rings. The summed E-state index contributed by atoms with van der Waals surface area (Å²) in [5.74, 6) is 0.625. The number of aromatic nitrogens is 2. The van der Waals surface area contributed by atoms with Gasteiger partial charge in [0.05, 0.1) is 22.1 Å². The second kappa shape index (κ2) is 12.4. The average molecular weight is 669 g/mol. The first kappa shape index (κ1) is 29.9. The van der Waals surface area contributed by atoms with Gasteiger partial charge in [0, 0.05) is 22.3 Å². The molecule has 1 N–H and O–H groups in total. The zero-order valence-electron chi connectivity index (χ0n) is 28.1. The largest absolute Gasteiger partial charge is 0.435 e. The average Bonchev–Trinajstić information content (AvgIpc) is 3.82. The molecule has 52 heavy (non-hydrogen) atoms. The van der Waals surface area contributed by atoms with Crippen LogP contribution in [0.2, 0.25) is 0 Å². The Kier molecular flexibility index (Phi) is 7.14. The Balaban J connectivity index is 1.05. The van der Waals surface area contributed by atoms with Gasteiger partial charge in [0.1, 0.15) is 11.7 Å². The molecule has 0 aliphatic carbocycles. The standard InChI is InChI=1S/C47H32N4O/c1-4-12-31(13-5-1)32-20-22-33(23-21-32)40-30-41(49-46(48-40)35-14-6-2-7-15-35)34-24-26-37(27-25-34)51-42-19-11-10-18-38(42)44-43(51)29-28-39-45(44)52-47(50-39)36-16-8-3-9-17-36/h1-30,46,48H. The first-order valence-corrected chi connectivity index (χ1v) is 17.5. The SMILES string of the molecule is C1=C(c2ccc(-c3ccccc3)cc2)NC(c2ccccc2)N=C1c1ccc(-n2c3ccccc3c3c4oc(-c5ccccc5)nc4ccc32)cc1. The molecule has 3 heterocycles. The van der Waals surface area contributed by atoms with Crippen LogP contribution < -0.4 is 5.32 Å². The molecule has 1 atom stereocenters. The smallest absolute Gasteiger partial charge is 0.227 e. The molecule has 10 rings (SSSR count). The first-order valence-electron chi connectivity index (χ1n) is 17.5. The molecular weight excluding hydrogens is 637 g/mol. The number of para-hydroxylation sites is 1. The third-order valence-corrected chi connectivity index (χ3v) is 9.89. The number of allylic oxidation sites excluding steroid dienone is 1. The van der Waals surface area contributed by atoms with E-state index >= 15 is 0 Å². The minimum Gasteiger partial charge on any atom is -0.435 e. The lowest BCUT2D eigenvalue weighted by Gasteiger charge is -2.25. The van der Waals surface area contributed by atoms with Crippen molar-refractivity contribution in [2.24, 2.45) is 4.99 Å². The fourth-order valence-corrected chi connectivity index (χ4v) is 7.33. The van der Waals surface area contributed by atoms with E-state index in [9.17, 15) is 0 Å². The van der Waals surface area contributed by atoms with E-state index in [1.165, 1.54) is 11.1 Å². The number of benzene rings is 7. The number of fused-ring (bicyclic) bond motifs is 5. The number of hydrogen-bond donors (Lipinski definition) is 1. The lowest BCUT2D eigenvalue weighted by atomic mass is 9.99. The van der Waals surface area contributed by atoms with Crippen LogP contribution in [0.4, 0.5) is 0 Å². The van der Waals surface area contributed by atoms with Crippen molar-refractivity contribution < 1.29 is 4.42 Å². The summed E-state index contributed by atoms with van der Waals surface area (Å²) in [5.41, 5.74) is 13.5. The van der Waals surface area contributed by atoms with Crippen LogP contribution in [0.25, 0.3) is 66.9 Å². The van der Waals surface area contributed by atoms with Crippen LogP contribution in [0.3, 0.4) is 0 Å². The van der Waals surface area contributed by atoms with Crippen molar-refractivity contribution in [3.05, 3.63) is 199 Å². The molecular formula is C47H32N4O. The zero-order valence-corrected chi connectivity index (χ0v) is 28.1. The zero-order chi connectivity index (χ0) is 34.4. The Labute approximate surface area is 300 Å². The van der Waals surface area contributed by atoms with Gasteiger partial charge in [-0.05, 0) is 76.4 Å². The molecule has 0 saturated heterocycles. The van der Waals surface area contributed by atoms with Crippen LogP contribution >= 0.6 is 0 Å². The molecule has 9 aromatic rings. The van der Waals surface area contributed by atoms with Gasteiger partial charge in [-0.1, -0.05) is 133 Å². The summed E-state index contributed by atoms with van der Waals surface area (Å²) >= 11 is 0. The lowest BCUT2D eigenvalue weighted by molar-refractivity contribution is 0.623.